The second-order valence-electron chi connectivity index (χ2n) is 9.23. The Morgan fingerprint density at radius 1 is 0.744 bits per heavy atom. The first kappa shape index (κ1) is 26.7. The maximum atomic E-state index is 14.3. The van der Waals surface area contributed by atoms with Crippen molar-refractivity contribution in [1.29, 1.82) is 0 Å². The van der Waals surface area contributed by atoms with E-state index in [0.29, 0.717) is 6.61 Å². The van der Waals surface area contributed by atoms with Gasteiger partial charge in [-0.05, 0) is 16.7 Å². The zero-order valence-electron chi connectivity index (χ0n) is 21.2. The minimum atomic E-state index is -1.11. The molecule has 0 unspecified atom stereocenters. The smallest absolute Gasteiger partial charge is 0.330 e. The molecule has 1 saturated heterocycles. The van der Waals surface area contributed by atoms with E-state index in [9.17, 15) is 14.0 Å². The SMILES string of the molecule is O=c1[nH]c(=O)n([C@H]2O[C@@H](COCc3ccccc3)[C@H](OCc3ccccc3)[C@H]2OCc2ccccc2)cc1F. The molecular formula is C30H29FN2O6. The Morgan fingerprint density at radius 3 is 1.82 bits per heavy atom. The third-order valence-electron chi connectivity index (χ3n) is 6.45. The van der Waals surface area contributed by atoms with Gasteiger partial charge in [-0.3, -0.25) is 14.3 Å². The molecule has 39 heavy (non-hydrogen) atoms. The molecule has 1 fully saturated rings. The van der Waals surface area contributed by atoms with Gasteiger partial charge in [0, 0.05) is 0 Å². The quantitative estimate of drug-likeness (QED) is 0.315. The molecule has 0 spiro atoms. The zero-order valence-corrected chi connectivity index (χ0v) is 21.2. The first-order valence-electron chi connectivity index (χ1n) is 12.7. The number of rotatable bonds is 11. The molecule has 1 N–H and O–H groups in total. The second kappa shape index (κ2) is 12.8. The molecule has 5 rings (SSSR count). The number of benzene rings is 3. The zero-order chi connectivity index (χ0) is 27.0. The minimum Gasteiger partial charge on any atom is -0.374 e. The number of hydrogen-bond acceptors (Lipinski definition) is 6. The third kappa shape index (κ3) is 6.76. The fourth-order valence-corrected chi connectivity index (χ4v) is 4.50. The van der Waals surface area contributed by atoms with Gasteiger partial charge in [0.2, 0.25) is 5.82 Å². The Kier molecular flexibility index (Phi) is 8.75. The van der Waals surface area contributed by atoms with Gasteiger partial charge in [0.05, 0.1) is 32.6 Å². The van der Waals surface area contributed by atoms with Gasteiger partial charge in [0.15, 0.2) is 6.23 Å². The van der Waals surface area contributed by atoms with E-state index in [4.69, 9.17) is 18.9 Å². The number of nitrogens with one attached hydrogen (secondary N) is 1. The van der Waals surface area contributed by atoms with Gasteiger partial charge in [0.1, 0.15) is 18.3 Å². The van der Waals surface area contributed by atoms with Crippen LogP contribution in [0.5, 0.6) is 0 Å². The molecule has 3 aromatic carbocycles. The summed E-state index contributed by atoms with van der Waals surface area (Å²) in [6.45, 7) is 0.946. The molecule has 4 aromatic rings. The number of ether oxygens (including phenoxy) is 4. The Hall–Kier alpha value is -3.89. The largest absolute Gasteiger partial charge is 0.374 e. The van der Waals surface area contributed by atoms with Crippen LogP contribution in [0.25, 0.3) is 0 Å². The van der Waals surface area contributed by atoms with Crippen LogP contribution in [0.4, 0.5) is 4.39 Å². The fourth-order valence-electron chi connectivity index (χ4n) is 4.50. The summed E-state index contributed by atoms with van der Waals surface area (Å²) in [5.74, 6) is -1.11. The number of hydrogen-bond donors (Lipinski definition) is 1. The summed E-state index contributed by atoms with van der Waals surface area (Å²) in [6, 6.07) is 28.8. The normalized spacial score (nSPS) is 20.7. The maximum absolute atomic E-state index is 14.3. The number of nitrogens with zero attached hydrogens (tertiary/aromatic N) is 1. The highest BCUT2D eigenvalue weighted by Crippen LogP contribution is 2.34. The van der Waals surface area contributed by atoms with Crippen LogP contribution < -0.4 is 11.2 Å². The Labute approximate surface area is 224 Å². The van der Waals surface area contributed by atoms with E-state index in [2.05, 4.69) is 0 Å². The molecule has 0 bridgehead atoms. The molecule has 4 atom stereocenters. The van der Waals surface area contributed by atoms with Crippen molar-refractivity contribution in [3.8, 4) is 0 Å². The van der Waals surface area contributed by atoms with Crippen molar-refractivity contribution >= 4 is 0 Å². The van der Waals surface area contributed by atoms with Crippen molar-refractivity contribution in [3.63, 3.8) is 0 Å². The standard InChI is InChI=1S/C30H29FN2O6/c31-24-16-33(30(35)32-28(24)34)29-27(38-19-23-14-8-3-9-15-23)26(37-18-22-12-6-2-7-13-22)25(39-29)20-36-17-21-10-4-1-5-11-21/h1-16,25-27,29H,17-20H2,(H,32,34,35)/t25-,26-,27+,29-/m0/s1. The van der Waals surface area contributed by atoms with Crippen molar-refractivity contribution in [1.82, 2.24) is 9.55 Å². The van der Waals surface area contributed by atoms with Crippen LogP contribution in [-0.4, -0.2) is 34.5 Å². The third-order valence-corrected chi connectivity index (χ3v) is 6.45. The molecule has 202 valence electrons. The van der Waals surface area contributed by atoms with Crippen molar-refractivity contribution in [2.75, 3.05) is 6.61 Å². The van der Waals surface area contributed by atoms with Crippen molar-refractivity contribution in [2.24, 2.45) is 0 Å². The Morgan fingerprint density at radius 2 is 1.26 bits per heavy atom. The van der Waals surface area contributed by atoms with E-state index in [1.165, 1.54) is 0 Å². The molecule has 0 aliphatic carbocycles. The van der Waals surface area contributed by atoms with Crippen molar-refractivity contribution in [2.45, 2.75) is 44.4 Å². The highest BCUT2D eigenvalue weighted by atomic mass is 19.1. The first-order chi connectivity index (χ1) is 19.1. The summed E-state index contributed by atoms with van der Waals surface area (Å²) in [6.07, 6.45) is -2.37. The monoisotopic (exact) mass is 532 g/mol. The highest BCUT2D eigenvalue weighted by Gasteiger charge is 2.48. The van der Waals surface area contributed by atoms with Crippen LogP contribution in [0.15, 0.2) is 107 Å². The first-order valence-corrected chi connectivity index (χ1v) is 12.7. The Balaban J connectivity index is 1.43. The molecule has 0 radical (unpaired) electrons. The molecule has 0 amide bonds. The highest BCUT2D eigenvalue weighted by molar-refractivity contribution is 5.15. The molecule has 1 aliphatic rings. The summed E-state index contributed by atoms with van der Waals surface area (Å²) in [5.41, 5.74) is 0.924. The maximum Gasteiger partial charge on any atom is 0.330 e. The summed E-state index contributed by atoms with van der Waals surface area (Å²) >= 11 is 0. The van der Waals surface area contributed by atoms with Crippen LogP contribution in [0.1, 0.15) is 22.9 Å². The molecule has 9 heteroatoms. The van der Waals surface area contributed by atoms with E-state index < -0.39 is 41.6 Å². The van der Waals surface area contributed by atoms with E-state index in [1.54, 1.807) is 0 Å². The fraction of sp³-hybridized carbons (Fsp3) is 0.267. The molecule has 1 aromatic heterocycles. The number of aromatic amines is 1. The lowest BCUT2D eigenvalue weighted by Crippen LogP contribution is -2.41. The van der Waals surface area contributed by atoms with Gasteiger partial charge in [0.25, 0.3) is 5.56 Å². The lowest BCUT2D eigenvalue weighted by molar-refractivity contribution is -0.0922. The topological polar surface area (TPSA) is 91.8 Å². The summed E-state index contributed by atoms with van der Waals surface area (Å²) in [4.78, 5) is 26.4. The second-order valence-corrected chi connectivity index (χ2v) is 9.23. The van der Waals surface area contributed by atoms with Crippen LogP contribution >= 0.6 is 0 Å². The number of halogens is 1. The minimum absolute atomic E-state index is 0.136. The van der Waals surface area contributed by atoms with Crippen LogP contribution in [0.2, 0.25) is 0 Å². The summed E-state index contributed by atoms with van der Waals surface area (Å²) in [5, 5.41) is 0. The molecular weight excluding hydrogens is 503 g/mol. The lowest BCUT2D eigenvalue weighted by Gasteiger charge is -2.25. The average molecular weight is 533 g/mol. The van der Waals surface area contributed by atoms with E-state index in [1.807, 2.05) is 96.0 Å². The molecule has 1 aliphatic heterocycles. The van der Waals surface area contributed by atoms with E-state index >= 15 is 0 Å². The number of H-pyrrole nitrogens is 1. The van der Waals surface area contributed by atoms with Crippen LogP contribution in [-0.2, 0) is 38.8 Å². The van der Waals surface area contributed by atoms with Crippen LogP contribution in [0, 0.1) is 5.82 Å². The van der Waals surface area contributed by atoms with Gasteiger partial charge < -0.3 is 18.9 Å². The Bertz CT molecular complexity index is 1450. The predicted octanol–water partition coefficient (Wildman–Crippen LogP) is 3.96. The van der Waals surface area contributed by atoms with Crippen LogP contribution in [0.3, 0.4) is 0 Å². The van der Waals surface area contributed by atoms with Gasteiger partial charge in [-0.2, -0.15) is 4.39 Å². The lowest BCUT2D eigenvalue weighted by atomic mass is 10.1. The van der Waals surface area contributed by atoms with Crippen molar-refractivity contribution in [3.05, 3.63) is 141 Å². The summed E-state index contributed by atoms with van der Waals surface area (Å²) < 4.78 is 40.2. The van der Waals surface area contributed by atoms with E-state index in [-0.39, 0.29) is 19.8 Å². The molecule has 8 nitrogen and oxygen atoms in total. The predicted molar refractivity (Wildman–Crippen MR) is 141 cm³/mol. The van der Waals surface area contributed by atoms with Gasteiger partial charge in [-0.1, -0.05) is 91.0 Å². The molecule has 0 saturated carbocycles. The van der Waals surface area contributed by atoms with Crippen molar-refractivity contribution < 1.29 is 23.3 Å². The number of aromatic nitrogens is 2. The van der Waals surface area contributed by atoms with Gasteiger partial charge in [-0.25, -0.2) is 4.79 Å². The van der Waals surface area contributed by atoms with E-state index in [0.717, 1.165) is 27.5 Å². The summed E-state index contributed by atoms with van der Waals surface area (Å²) in [7, 11) is 0. The van der Waals surface area contributed by atoms with Gasteiger partial charge in [-0.15, -0.1) is 0 Å². The van der Waals surface area contributed by atoms with Gasteiger partial charge >= 0.3 is 5.69 Å². The average Bonchev–Trinajstić information content (AvgIpc) is 3.31. The molecule has 2 heterocycles.